The van der Waals surface area contributed by atoms with E-state index in [1.807, 2.05) is 6.07 Å². The Morgan fingerprint density at radius 2 is 1.70 bits per heavy atom. The Hall–Kier alpha value is -1.96. The van der Waals surface area contributed by atoms with Crippen molar-refractivity contribution in [1.29, 1.82) is 0 Å². The molecule has 2 aromatic carbocycles. The average Bonchev–Trinajstić information content (AvgIpc) is 2.46. The van der Waals surface area contributed by atoms with Crippen molar-refractivity contribution >= 4 is 0 Å². The second-order valence-electron chi connectivity index (χ2n) is 5.53. The Labute approximate surface area is 120 Å². The molecule has 0 unspecified atom stereocenters. The minimum absolute atomic E-state index is 0.534. The normalized spacial score (nSPS) is 13.6. The molecule has 0 amide bonds. The predicted octanol–water partition coefficient (Wildman–Crippen LogP) is 4.56. The van der Waals surface area contributed by atoms with Crippen LogP contribution in [-0.4, -0.2) is 13.2 Å². The summed E-state index contributed by atoms with van der Waals surface area (Å²) in [5.74, 6) is 2.23. The van der Waals surface area contributed by atoms with E-state index in [9.17, 15) is 0 Å². The summed E-state index contributed by atoms with van der Waals surface area (Å²) in [5.41, 5.74) is 5.21. The van der Waals surface area contributed by atoms with Gasteiger partial charge in [-0.05, 0) is 47.2 Å². The quantitative estimate of drug-likeness (QED) is 0.795. The van der Waals surface area contributed by atoms with Crippen molar-refractivity contribution in [2.45, 2.75) is 26.7 Å². The lowest BCUT2D eigenvalue weighted by Gasteiger charge is -2.20. The lowest BCUT2D eigenvalue weighted by molar-refractivity contribution is 0.171. The second-order valence-corrected chi connectivity index (χ2v) is 5.53. The summed E-state index contributed by atoms with van der Waals surface area (Å²) in [6, 6.07) is 12.7. The van der Waals surface area contributed by atoms with Crippen LogP contribution in [0, 0.1) is 6.92 Å². The van der Waals surface area contributed by atoms with Crippen molar-refractivity contribution in [2.75, 3.05) is 13.2 Å². The number of hydrogen-bond acceptors (Lipinski definition) is 2. The van der Waals surface area contributed by atoms with Gasteiger partial charge in [-0.15, -0.1) is 0 Å². The van der Waals surface area contributed by atoms with E-state index in [0.29, 0.717) is 19.1 Å². The maximum absolute atomic E-state index is 5.68. The predicted molar refractivity (Wildman–Crippen MR) is 81.7 cm³/mol. The van der Waals surface area contributed by atoms with E-state index < -0.39 is 0 Å². The number of rotatable bonds is 2. The fourth-order valence-corrected chi connectivity index (χ4v) is 2.80. The highest BCUT2D eigenvalue weighted by atomic mass is 16.6. The van der Waals surface area contributed by atoms with Gasteiger partial charge in [-0.1, -0.05) is 38.1 Å². The molecule has 0 aromatic heterocycles. The number of ether oxygens (including phenoxy) is 2. The molecule has 1 aliphatic heterocycles. The van der Waals surface area contributed by atoms with Crippen LogP contribution in [0.1, 0.15) is 30.9 Å². The molecule has 1 heterocycles. The minimum Gasteiger partial charge on any atom is -0.486 e. The second kappa shape index (κ2) is 5.20. The van der Waals surface area contributed by atoms with Crippen molar-refractivity contribution in [2.24, 2.45) is 0 Å². The van der Waals surface area contributed by atoms with Crippen LogP contribution in [0.15, 0.2) is 36.4 Å². The summed E-state index contributed by atoms with van der Waals surface area (Å²) in [6.07, 6.45) is 0. The summed E-state index contributed by atoms with van der Waals surface area (Å²) < 4.78 is 11.3. The maximum Gasteiger partial charge on any atom is 0.161 e. The molecule has 2 aromatic rings. The van der Waals surface area contributed by atoms with E-state index in [4.69, 9.17) is 9.47 Å². The Balaban J connectivity index is 2.07. The third-order valence-corrected chi connectivity index (χ3v) is 3.85. The molecular weight excluding hydrogens is 248 g/mol. The first-order chi connectivity index (χ1) is 9.66. The van der Waals surface area contributed by atoms with E-state index in [1.165, 1.54) is 22.3 Å². The van der Waals surface area contributed by atoms with Gasteiger partial charge in [0, 0.05) is 0 Å². The highest BCUT2D eigenvalue weighted by Crippen LogP contribution is 2.36. The van der Waals surface area contributed by atoms with Gasteiger partial charge in [0.2, 0.25) is 0 Å². The smallest absolute Gasteiger partial charge is 0.161 e. The lowest BCUT2D eigenvalue weighted by atomic mass is 9.91. The Morgan fingerprint density at radius 3 is 2.45 bits per heavy atom. The number of fused-ring (bicyclic) bond motifs is 1. The van der Waals surface area contributed by atoms with Gasteiger partial charge >= 0.3 is 0 Å². The fourth-order valence-electron chi connectivity index (χ4n) is 2.80. The molecule has 0 N–H and O–H groups in total. The van der Waals surface area contributed by atoms with Crippen LogP contribution < -0.4 is 9.47 Å². The minimum atomic E-state index is 0.534. The molecule has 0 radical (unpaired) electrons. The number of hydrogen-bond donors (Lipinski definition) is 0. The summed E-state index contributed by atoms with van der Waals surface area (Å²) in [5, 5.41) is 0. The Morgan fingerprint density at radius 1 is 0.950 bits per heavy atom. The van der Waals surface area contributed by atoms with Crippen molar-refractivity contribution < 1.29 is 9.47 Å². The highest BCUT2D eigenvalue weighted by molar-refractivity contribution is 5.71. The molecule has 2 heteroatoms. The van der Waals surface area contributed by atoms with Gasteiger partial charge in [0.15, 0.2) is 11.5 Å². The van der Waals surface area contributed by atoms with Crippen LogP contribution in [0.25, 0.3) is 11.1 Å². The monoisotopic (exact) mass is 268 g/mol. The van der Waals surface area contributed by atoms with Crippen LogP contribution in [-0.2, 0) is 0 Å². The van der Waals surface area contributed by atoms with Gasteiger partial charge < -0.3 is 9.47 Å². The SMILES string of the molecule is Cc1c(-c2ccc3c(c2)OCCO3)cccc1C(C)C. The molecule has 2 nitrogen and oxygen atoms in total. The molecule has 3 rings (SSSR count). The molecule has 1 aliphatic rings. The van der Waals surface area contributed by atoms with Crippen LogP contribution in [0.5, 0.6) is 11.5 Å². The summed E-state index contributed by atoms with van der Waals surface area (Å²) in [6.45, 7) is 7.92. The van der Waals surface area contributed by atoms with E-state index >= 15 is 0 Å². The third kappa shape index (κ3) is 2.26. The van der Waals surface area contributed by atoms with Crippen molar-refractivity contribution in [3.05, 3.63) is 47.5 Å². The van der Waals surface area contributed by atoms with E-state index in [2.05, 4.69) is 51.1 Å². The lowest BCUT2D eigenvalue weighted by Crippen LogP contribution is -2.15. The number of benzene rings is 2. The van der Waals surface area contributed by atoms with Crippen LogP contribution in [0.4, 0.5) is 0 Å². The largest absolute Gasteiger partial charge is 0.486 e. The van der Waals surface area contributed by atoms with Gasteiger partial charge in [-0.3, -0.25) is 0 Å². The maximum atomic E-state index is 5.68. The molecule has 0 saturated heterocycles. The van der Waals surface area contributed by atoms with Gasteiger partial charge in [-0.2, -0.15) is 0 Å². The fraction of sp³-hybridized carbons (Fsp3) is 0.333. The molecule has 0 fully saturated rings. The first-order valence-electron chi connectivity index (χ1n) is 7.16. The molecule has 104 valence electrons. The molecule has 0 saturated carbocycles. The van der Waals surface area contributed by atoms with Gasteiger partial charge in [0.05, 0.1) is 0 Å². The van der Waals surface area contributed by atoms with E-state index in [0.717, 1.165) is 11.5 Å². The summed E-state index contributed by atoms with van der Waals surface area (Å²) in [4.78, 5) is 0. The first kappa shape index (κ1) is 13.0. The van der Waals surface area contributed by atoms with Crippen molar-refractivity contribution in [3.63, 3.8) is 0 Å². The van der Waals surface area contributed by atoms with Crippen molar-refractivity contribution in [3.8, 4) is 22.6 Å². The van der Waals surface area contributed by atoms with E-state index in [-0.39, 0.29) is 0 Å². The van der Waals surface area contributed by atoms with Crippen LogP contribution in [0.2, 0.25) is 0 Å². The van der Waals surface area contributed by atoms with Gasteiger partial charge in [-0.25, -0.2) is 0 Å². The zero-order valence-electron chi connectivity index (χ0n) is 12.3. The molecule has 0 atom stereocenters. The topological polar surface area (TPSA) is 18.5 Å². The standard InChI is InChI=1S/C18H20O2/c1-12(2)15-5-4-6-16(13(15)3)14-7-8-17-18(11-14)20-10-9-19-17/h4-8,11-12H,9-10H2,1-3H3. The molecule has 0 spiro atoms. The molecule has 20 heavy (non-hydrogen) atoms. The zero-order chi connectivity index (χ0) is 14.1. The van der Waals surface area contributed by atoms with Gasteiger partial charge in [0.25, 0.3) is 0 Å². The first-order valence-corrected chi connectivity index (χ1v) is 7.16. The van der Waals surface area contributed by atoms with Crippen molar-refractivity contribution in [1.82, 2.24) is 0 Å². The highest BCUT2D eigenvalue weighted by Gasteiger charge is 2.14. The Kier molecular flexibility index (Phi) is 3.39. The average molecular weight is 268 g/mol. The summed E-state index contributed by atoms with van der Waals surface area (Å²) in [7, 11) is 0. The molecule has 0 aliphatic carbocycles. The molecule has 0 bridgehead atoms. The van der Waals surface area contributed by atoms with Crippen LogP contribution >= 0.6 is 0 Å². The van der Waals surface area contributed by atoms with Gasteiger partial charge in [0.1, 0.15) is 13.2 Å². The Bertz CT molecular complexity index is 629. The zero-order valence-corrected chi connectivity index (χ0v) is 12.3. The molecular formula is C18H20O2. The van der Waals surface area contributed by atoms with Crippen LogP contribution in [0.3, 0.4) is 0 Å². The summed E-state index contributed by atoms with van der Waals surface area (Å²) >= 11 is 0. The van der Waals surface area contributed by atoms with E-state index in [1.54, 1.807) is 0 Å². The third-order valence-electron chi connectivity index (χ3n) is 3.85.